The summed E-state index contributed by atoms with van der Waals surface area (Å²) in [5.41, 5.74) is 1.12. The van der Waals surface area contributed by atoms with E-state index in [1.165, 1.54) is 0 Å². The van der Waals surface area contributed by atoms with E-state index < -0.39 is 10.8 Å². The van der Waals surface area contributed by atoms with Crippen LogP contribution in [-0.4, -0.2) is 23.1 Å². The van der Waals surface area contributed by atoms with Crippen LogP contribution in [0.15, 0.2) is 29.2 Å². The Morgan fingerprint density at radius 2 is 2.00 bits per heavy atom. The maximum absolute atomic E-state index is 12.3. The number of aryl methyl sites for hydroxylation is 1. The average molecular weight is 253 g/mol. The molecular formula is C14H23NOS. The highest BCUT2D eigenvalue weighted by molar-refractivity contribution is 7.85. The molecule has 0 amide bonds. The van der Waals surface area contributed by atoms with Gasteiger partial charge in [0.2, 0.25) is 0 Å². The number of hydrogen-bond acceptors (Lipinski definition) is 2. The molecule has 0 aliphatic carbocycles. The van der Waals surface area contributed by atoms with Gasteiger partial charge in [-0.1, -0.05) is 38.5 Å². The Balaban J connectivity index is 2.75. The molecular weight excluding hydrogens is 230 g/mol. The predicted octanol–water partition coefficient (Wildman–Crippen LogP) is 2.74. The topological polar surface area (TPSA) is 29.1 Å². The molecule has 0 heterocycles. The zero-order valence-corrected chi connectivity index (χ0v) is 12.0. The van der Waals surface area contributed by atoms with Gasteiger partial charge in [-0.15, -0.1) is 0 Å². The van der Waals surface area contributed by atoms with Crippen LogP contribution in [0.1, 0.15) is 25.8 Å². The normalized spacial score (nSPS) is 16.5. The molecule has 0 fully saturated rings. The molecule has 3 atom stereocenters. The van der Waals surface area contributed by atoms with Gasteiger partial charge in [-0.3, -0.25) is 4.21 Å². The van der Waals surface area contributed by atoms with Gasteiger partial charge in [0.1, 0.15) is 0 Å². The first-order valence-electron chi connectivity index (χ1n) is 6.21. The molecule has 0 saturated heterocycles. The van der Waals surface area contributed by atoms with Crippen molar-refractivity contribution < 1.29 is 4.21 Å². The molecule has 3 heteroatoms. The van der Waals surface area contributed by atoms with E-state index in [1.54, 1.807) is 0 Å². The zero-order chi connectivity index (χ0) is 12.8. The van der Waals surface area contributed by atoms with Crippen molar-refractivity contribution in [2.75, 3.05) is 12.8 Å². The largest absolute Gasteiger partial charge is 0.316 e. The Bertz CT molecular complexity index is 378. The zero-order valence-electron chi connectivity index (χ0n) is 11.2. The van der Waals surface area contributed by atoms with Crippen molar-refractivity contribution in [3.8, 4) is 0 Å². The van der Waals surface area contributed by atoms with E-state index in [0.717, 1.165) is 16.9 Å². The minimum Gasteiger partial charge on any atom is -0.316 e. The molecule has 0 saturated carbocycles. The summed E-state index contributed by atoms with van der Waals surface area (Å²) >= 11 is 0. The smallest absolute Gasteiger partial charge is 0.0548 e. The Kier molecular flexibility index (Phi) is 5.86. The molecule has 1 rings (SSSR count). The fraction of sp³-hybridized carbons (Fsp3) is 0.571. The summed E-state index contributed by atoms with van der Waals surface area (Å²) in [4.78, 5) is 0.969. The summed E-state index contributed by atoms with van der Waals surface area (Å²) < 4.78 is 12.3. The van der Waals surface area contributed by atoms with Crippen LogP contribution in [0.2, 0.25) is 0 Å². The van der Waals surface area contributed by atoms with E-state index in [-0.39, 0.29) is 0 Å². The summed E-state index contributed by atoms with van der Waals surface area (Å²) in [5.74, 6) is 1.24. The highest BCUT2D eigenvalue weighted by atomic mass is 32.2. The van der Waals surface area contributed by atoms with E-state index >= 15 is 0 Å². The predicted molar refractivity (Wildman–Crippen MR) is 74.8 cm³/mol. The van der Waals surface area contributed by atoms with Crippen LogP contribution in [-0.2, 0) is 10.8 Å². The van der Waals surface area contributed by atoms with Gasteiger partial charge in [0, 0.05) is 16.7 Å². The minimum atomic E-state index is -0.910. The lowest BCUT2D eigenvalue weighted by Gasteiger charge is -2.22. The first-order chi connectivity index (χ1) is 8.10. The van der Waals surface area contributed by atoms with Gasteiger partial charge in [-0.05, 0) is 31.5 Å². The van der Waals surface area contributed by atoms with E-state index in [4.69, 9.17) is 0 Å². The van der Waals surface area contributed by atoms with Gasteiger partial charge in [-0.25, -0.2) is 0 Å². The summed E-state index contributed by atoms with van der Waals surface area (Å²) in [6.45, 7) is 6.40. The lowest BCUT2D eigenvalue weighted by Crippen LogP contribution is -2.36. The average Bonchev–Trinajstić information content (AvgIpc) is 2.35. The number of benzene rings is 1. The molecule has 96 valence electrons. The monoisotopic (exact) mass is 253 g/mol. The van der Waals surface area contributed by atoms with E-state index in [9.17, 15) is 4.21 Å². The van der Waals surface area contributed by atoms with Crippen molar-refractivity contribution in [2.24, 2.45) is 5.92 Å². The number of rotatable bonds is 6. The summed E-state index contributed by atoms with van der Waals surface area (Å²) in [6.07, 6.45) is 1.11. The summed E-state index contributed by atoms with van der Waals surface area (Å²) in [7, 11) is 1.04. The molecule has 0 bridgehead atoms. The molecule has 0 aliphatic heterocycles. The van der Waals surface area contributed by atoms with Crippen LogP contribution in [0.5, 0.6) is 0 Å². The number of nitrogens with one attached hydrogen (secondary N) is 1. The van der Waals surface area contributed by atoms with Crippen molar-refractivity contribution >= 4 is 10.8 Å². The molecule has 1 N–H and O–H groups in total. The molecule has 0 spiro atoms. The Hall–Kier alpha value is -0.670. The van der Waals surface area contributed by atoms with Crippen molar-refractivity contribution in [3.05, 3.63) is 29.8 Å². The molecule has 1 aromatic rings. The van der Waals surface area contributed by atoms with Gasteiger partial charge < -0.3 is 5.32 Å². The van der Waals surface area contributed by atoms with Gasteiger partial charge in [-0.2, -0.15) is 0 Å². The highest BCUT2D eigenvalue weighted by Crippen LogP contribution is 2.16. The van der Waals surface area contributed by atoms with Crippen molar-refractivity contribution in [2.45, 2.75) is 38.1 Å². The molecule has 0 aromatic heterocycles. The van der Waals surface area contributed by atoms with Gasteiger partial charge in [0.05, 0.1) is 10.8 Å². The second-order valence-corrected chi connectivity index (χ2v) is 6.02. The van der Waals surface area contributed by atoms with Gasteiger partial charge in [0.15, 0.2) is 0 Å². The first kappa shape index (κ1) is 14.4. The van der Waals surface area contributed by atoms with Crippen LogP contribution in [0, 0.1) is 12.8 Å². The van der Waals surface area contributed by atoms with Crippen LogP contribution >= 0.6 is 0 Å². The SMILES string of the molecule is CCC(C)C(CS(=O)c1ccccc1C)NC. The van der Waals surface area contributed by atoms with E-state index in [2.05, 4.69) is 19.2 Å². The van der Waals surface area contributed by atoms with Crippen molar-refractivity contribution in [1.82, 2.24) is 5.32 Å². The van der Waals surface area contributed by atoms with Gasteiger partial charge in [0.25, 0.3) is 0 Å². The second-order valence-electron chi connectivity index (χ2n) is 4.56. The second kappa shape index (κ2) is 6.92. The molecule has 17 heavy (non-hydrogen) atoms. The third-order valence-corrected chi connectivity index (χ3v) is 4.98. The fourth-order valence-electron chi connectivity index (χ4n) is 1.88. The lowest BCUT2D eigenvalue weighted by molar-refractivity contribution is 0.418. The van der Waals surface area contributed by atoms with Gasteiger partial charge >= 0.3 is 0 Å². The van der Waals surface area contributed by atoms with Crippen LogP contribution in [0.3, 0.4) is 0 Å². The van der Waals surface area contributed by atoms with Crippen molar-refractivity contribution in [3.63, 3.8) is 0 Å². The molecule has 3 unspecified atom stereocenters. The first-order valence-corrected chi connectivity index (χ1v) is 7.53. The maximum Gasteiger partial charge on any atom is 0.0548 e. The Morgan fingerprint density at radius 1 is 1.35 bits per heavy atom. The van der Waals surface area contributed by atoms with Crippen LogP contribution in [0.25, 0.3) is 0 Å². The minimum absolute atomic E-state index is 0.320. The third-order valence-electron chi connectivity index (χ3n) is 3.37. The van der Waals surface area contributed by atoms with Crippen LogP contribution < -0.4 is 5.32 Å². The summed E-state index contributed by atoms with van der Waals surface area (Å²) in [5, 5.41) is 3.28. The van der Waals surface area contributed by atoms with Crippen LogP contribution in [0.4, 0.5) is 0 Å². The Morgan fingerprint density at radius 3 is 2.53 bits per heavy atom. The lowest BCUT2D eigenvalue weighted by atomic mass is 10.0. The molecule has 0 radical (unpaired) electrons. The molecule has 2 nitrogen and oxygen atoms in total. The molecule has 0 aliphatic rings. The molecule has 1 aromatic carbocycles. The quantitative estimate of drug-likeness (QED) is 0.844. The van der Waals surface area contributed by atoms with Crippen molar-refractivity contribution in [1.29, 1.82) is 0 Å². The third kappa shape index (κ3) is 3.93. The summed E-state index contributed by atoms with van der Waals surface area (Å²) in [6, 6.07) is 8.25. The Labute approximate surface area is 107 Å². The highest BCUT2D eigenvalue weighted by Gasteiger charge is 2.18. The van der Waals surface area contributed by atoms with E-state index in [0.29, 0.717) is 17.7 Å². The standard InChI is InChI=1S/C14H23NOS/c1-5-11(2)13(15-4)10-17(16)14-9-7-6-8-12(14)3/h6-9,11,13,15H,5,10H2,1-4H3. The number of hydrogen-bond donors (Lipinski definition) is 1. The van der Waals surface area contributed by atoms with E-state index in [1.807, 2.05) is 38.2 Å². The fourth-order valence-corrected chi connectivity index (χ4v) is 3.54. The maximum atomic E-state index is 12.3.